The quantitative estimate of drug-likeness (QED) is 0.278. The average molecular weight is 365 g/mol. The van der Waals surface area contributed by atoms with Crippen molar-refractivity contribution >= 4 is 15.9 Å². The molecule has 1 heterocycles. The maximum Gasteiger partial charge on any atom is 0.266 e. The van der Waals surface area contributed by atoms with Gasteiger partial charge in [0.05, 0.1) is 18.8 Å². The number of carbonyl (C=O) groups excluding carboxylic acids is 1. The molecular weight excluding hydrogens is 346 g/mol. The number of hydrogen-bond donors (Lipinski definition) is 7. The molecule has 11 heteroatoms. The third-order valence-corrected chi connectivity index (χ3v) is 4.55. The molecule has 1 aromatic rings. The van der Waals surface area contributed by atoms with Crippen molar-refractivity contribution in [2.45, 2.75) is 29.3 Å². The molecule has 0 bridgehead atoms. The van der Waals surface area contributed by atoms with Gasteiger partial charge in [-0.25, -0.2) is 13.1 Å². The van der Waals surface area contributed by atoms with Crippen LogP contribution in [0.1, 0.15) is 10.4 Å². The van der Waals surface area contributed by atoms with E-state index in [4.69, 9.17) is 30.6 Å². The molecular formula is C13H19NO9S. The van der Waals surface area contributed by atoms with Crippen LogP contribution in [0.3, 0.4) is 0 Å². The molecule has 4 unspecified atom stereocenters. The van der Waals surface area contributed by atoms with Crippen molar-refractivity contribution in [3.05, 3.63) is 29.8 Å². The van der Waals surface area contributed by atoms with Crippen LogP contribution in [0.2, 0.25) is 0 Å². The Morgan fingerprint density at radius 2 is 1.38 bits per heavy atom. The van der Waals surface area contributed by atoms with E-state index in [9.17, 15) is 13.2 Å². The van der Waals surface area contributed by atoms with Gasteiger partial charge >= 0.3 is 0 Å². The molecule has 0 fully saturated rings. The molecule has 7 N–H and O–H groups in total. The zero-order chi connectivity index (χ0) is 18.5. The number of fused-ring (bicyclic) bond motifs is 1. The minimum Gasteiger partial charge on any atom is -0.394 e. The SMILES string of the molecule is O=C1NS(=O)(=O)c2ccccc21.OCC(O)C(O)C(O)C(O)CO. The molecule has 1 amide bonds. The molecule has 0 radical (unpaired) electrons. The van der Waals surface area contributed by atoms with Crippen molar-refractivity contribution in [3.63, 3.8) is 0 Å². The van der Waals surface area contributed by atoms with Gasteiger partial charge in [0.25, 0.3) is 15.9 Å². The molecule has 2 rings (SSSR count). The lowest BCUT2D eigenvalue weighted by atomic mass is 10.0. The third kappa shape index (κ3) is 4.70. The summed E-state index contributed by atoms with van der Waals surface area (Å²) in [5, 5.41) is 52.2. The Labute approximate surface area is 137 Å². The number of nitrogens with one attached hydrogen (secondary N) is 1. The fourth-order valence-electron chi connectivity index (χ4n) is 1.79. The van der Waals surface area contributed by atoms with E-state index in [-0.39, 0.29) is 10.5 Å². The Morgan fingerprint density at radius 3 is 1.79 bits per heavy atom. The summed E-state index contributed by atoms with van der Waals surface area (Å²) in [5.74, 6) is -0.550. The second-order valence-corrected chi connectivity index (χ2v) is 6.56. The number of carbonyl (C=O) groups is 1. The lowest BCUT2D eigenvalue weighted by Crippen LogP contribution is -2.46. The predicted molar refractivity (Wildman–Crippen MR) is 79.3 cm³/mol. The van der Waals surface area contributed by atoms with Crippen molar-refractivity contribution in [3.8, 4) is 0 Å². The zero-order valence-corrected chi connectivity index (χ0v) is 13.2. The first-order valence-electron chi connectivity index (χ1n) is 6.75. The summed E-state index contributed by atoms with van der Waals surface area (Å²) in [6, 6.07) is 6.09. The first-order chi connectivity index (χ1) is 11.2. The van der Waals surface area contributed by atoms with E-state index >= 15 is 0 Å². The monoisotopic (exact) mass is 365 g/mol. The van der Waals surface area contributed by atoms with Gasteiger partial charge in [-0.1, -0.05) is 12.1 Å². The van der Waals surface area contributed by atoms with E-state index in [0.29, 0.717) is 0 Å². The van der Waals surface area contributed by atoms with E-state index in [0.717, 1.165) is 0 Å². The van der Waals surface area contributed by atoms with Gasteiger partial charge in [-0.3, -0.25) is 4.79 Å². The summed E-state index contributed by atoms with van der Waals surface area (Å²) in [6.07, 6.45) is -6.39. The van der Waals surface area contributed by atoms with Crippen LogP contribution in [0, 0.1) is 0 Å². The van der Waals surface area contributed by atoms with Crippen molar-refractivity contribution in [2.75, 3.05) is 13.2 Å². The minimum atomic E-state index is -3.55. The van der Waals surface area contributed by atoms with Crippen LogP contribution in [-0.2, 0) is 10.0 Å². The Kier molecular flexibility index (Phi) is 7.23. The van der Waals surface area contributed by atoms with E-state index < -0.39 is 53.6 Å². The number of benzene rings is 1. The lowest BCUT2D eigenvalue weighted by Gasteiger charge is -2.24. The molecule has 1 aliphatic heterocycles. The van der Waals surface area contributed by atoms with Gasteiger partial charge in [-0.05, 0) is 12.1 Å². The van der Waals surface area contributed by atoms with E-state index in [2.05, 4.69) is 0 Å². The van der Waals surface area contributed by atoms with Gasteiger partial charge in [0, 0.05) is 0 Å². The topological polar surface area (TPSA) is 185 Å². The number of aliphatic hydroxyl groups excluding tert-OH is 6. The van der Waals surface area contributed by atoms with E-state index in [1.165, 1.54) is 12.1 Å². The molecule has 1 aromatic carbocycles. The summed E-state index contributed by atoms with van der Waals surface area (Å²) < 4.78 is 24.2. The molecule has 1 aliphatic rings. The van der Waals surface area contributed by atoms with Crippen LogP contribution >= 0.6 is 0 Å². The first-order valence-corrected chi connectivity index (χ1v) is 8.24. The summed E-state index contributed by atoms with van der Waals surface area (Å²) in [4.78, 5) is 11.1. The summed E-state index contributed by atoms with van der Waals surface area (Å²) in [7, 11) is -3.55. The maximum atomic E-state index is 11.1. The van der Waals surface area contributed by atoms with Crippen LogP contribution in [0.4, 0.5) is 0 Å². The average Bonchev–Trinajstić information content (AvgIpc) is 2.82. The van der Waals surface area contributed by atoms with Gasteiger partial charge in [0.2, 0.25) is 0 Å². The molecule has 136 valence electrons. The molecule has 0 saturated carbocycles. The van der Waals surface area contributed by atoms with Gasteiger partial charge in [0.15, 0.2) is 0 Å². The second-order valence-electron chi connectivity index (χ2n) is 4.91. The van der Waals surface area contributed by atoms with Crippen molar-refractivity contribution in [2.24, 2.45) is 0 Å². The van der Waals surface area contributed by atoms with Gasteiger partial charge in [-0.15, -0.1) is 0 Å². The first kappa shape index (κ1) is 20.4. The van der Waals surface area contributed by atoms with Crippen LogP contribution in [0.5, 0.6) is 0 Å². The van der Waals surface area contributed by atoms with Crippen LogP contribution in [0.25, 0.3) is 0 Å². The summed E-state index contributed by atoms with van der Waals surface area (Å²) >= 11 is 0. The maximum absolute atomic E-state index is 11.1. The standard InChI is InChI=1S/C7H5NO3S.C6H14O6/c9-7-5-3-1-2-4-6(5)12(10,11)8-7;7-1-3(9)5(11)6(12)4(10)2-8/h1-4H,(H,8,9);3-12H,1-2H2. The Balaban J connectivity index is 0.000000240. The van der Waals surface area contributed by atoms with Gasteiger partial charge in [-0.2, -0.15) is 0 Å². The number of hydrogen-bond acceptors (Lipinski definition) is 9. The molecule has 0 saturated heterocycles. The lowest BCUT2D eigenvalue weighted by molar-refractivity contribution is -0.123. The Morgan fingerprint density at radius 1 is 0.917 bits per heavy atom. The zero-order valence-electron chi connectivity index (χ0n) is 12.3. The fraction of sp³-hybridized carbons (Fsp3) is 0.462. The number of aliphatic hydroxyl groups is 6. The normalized spacial score (nSPS) is 20.0. The summed E-state index contributed by atoms with van der Waals surface area (Å²) in [6.45, 7) is -1.45. The van der Waals surface area contributed by atoms with Crippen LogP contribution < -0.4 is 4.72 Å². The molecule has 10 nitrogen and oxygen atoms in total. The van der Waals surface area contributed by atoms with Crippen molar-refractivity contribution in [1.82, 2.24) is 4.72 Å². The second kappa shape index (κ2) is 8.48. The third-order valence-electron chi connectivity index (χ3n) is 3.16. The van der Waals surface area contributed by atoms with Gasteiger partial charge in [0.1, 0.15) is 29.3 Å². The highest BCUT2D eigenvalue weighted by atomic mass is 32.2. The molecule has 4 atom stereocenters. The fourth-order valence-corrected chi connectivity index (χ4v) is 2.96. The molecule has 0 spiro atoms. The highest BCUT2D eigenvalue weighted by molar-refractivity contribution is 7.90. The van der Waals surface area contributed by atoms with Crippen LogP contribution in [0.15, 0.2) is 29.2 Å². The number of rotatable bonds is 5. The molecule has 0 aliphatic carbocycles. The highest BCUT2D eigenvalue weighted by Gasteiger charge is 2.31. The number of sulfonamides is 1. The molecule has 0 aromatic heterocycles. The largest absolute Gasteiger partial charge is 0.394 e. The van der Waals surface area contributed by atoms with Crippen molar-refractivity contribution in [1.29, 1.82) is 0 Å². The van der Waals surface area contributed by atoms with Crippen molar-refractivity contribution < 1.29 is 43.9 Å². The summed E-state index contributed by atoms with van der Waals surface area (Å²) in [5.41, 5.74) is 0.220. The van der Waals surface area contributed by atoms with Crippen LogP contribution in [-0.4, -0.2) is 82.6 Å². The Bertz CT molecular complexity index is 649. The molecule has 24 heavy (non-hydrogen) atoms. The van der Waals surface area contributed by atoms with E-state index in [1.807, 2.05) is 4.72 Å². The van der Waals surface area contributed by atoms with E-state index in [1.54, 1.807) is 12.1 Å². The minimum absolute atomic E-state index is 0.0648. The Hall–Kier alpha value is -1.60. The number of amides is 1. The highest BCUT2D eigenvalue weighted by Crippen LogP contribution is 2.20. The van der Waals surface area contributed by atoms with Gasteiger partial charge < -0.3 is 30.6 Å². The predicted octanol–water partition coefficient (Wildman–Crippen LogP) is -3.47. The smallest absolute Gasteiger partial charge is 0.266 e.